The first kappa shape index (κ1) is 8.53. The Balaban J connectivity index is 2.22. The molecule has 1 saturated carbocycles. The highest BCUT2D eigenvalue weighted by molar-refractivity contribution is 5.89. The van der Waals surface area contributed by atoms with E-state index in [1.165, 1.54) is 0 Å². The van der Waals surface area contributed by atoms with Gasteiger partial charge in [-0.1, -0.05) is 6.92 Å². The van der Waals surface area contributed by atoms with Gasteiger partial charge < -0.3 is 10.0 Å². The molecule has 2 heterocycles. The van der Waals surface area contributed by atoms with Crippen LogP contribution in [-0.2, 0) is 9.59 Å². The molecular formula is C9H13NO3. The third-order valence-electron chi connectivity index (χ3n) is 3.21. The predicted octanol–water partition coefficient (Wildman–Crippen LogP) is 0.472. The molecule has 0 aromatic carbocycles. The minimum Gasteiger partial charge on any atom is -0.479 e. The van der Waals surface area contributed by atoms with Gasteiger partial charge in [0.2, 0.25) is 5.91 Å². The van der Waals surface area contributed by atoms with Gasteiger partial charge >= 0.3 is 5.97 Å². The van der Waals surface area contributed by atoms with Crippen LogP contribution in [0.25, 0.3) is 0 Å². The lowest BCUT2D eigenvalue weighted by molar-refractivity contribution is -0.158. The highest BCUT2D eigenvalue weighted by Crippen LogP contribution is 2.50. The SMILES string of the molecule is CCC(=O)N1CC2CC1(C(=O)O)C2. The first-order valence-electron chi connectivity index (χ1n) is 4.64. The van der Waals surface area contributed by atoms with E-state index in [4.69, 9.17) is 5.11 Å². The first-order chi connectivity index (χ1) is 6.10. The van der Waals surface area contributed by atoms with Crippen LogP contribution in [0.1, 0.15) is 26.2 Å². The van der Waals surface area contributed by atoms with E-state index in [1.807, 2.05) is 0 Å². The summed E-state index contributed by atoms with van der Waals surface area (Å²) in [6.45, 7) is 2.42. The number of carboxylic acids is 1. The maximum absolute atomic E-state index is 11.4. The Morgan fingerprint density at radius 1 is 1.54 bits per heavy atom. The molecule has 0 atom stereocenters. The number of carbonyl (C=O) groups excluding carboxylic acids is 1. The fourth-order valence-electron chi connectivity index (χ4n) is 2.50. The Bertz CT molecular complexity index is 268. The van der Waals surface area contributed by atoms with Crippen molar-refractivity contribution in [3.63, 3.8) is 0 Å². The van der Waals surface area contributed by atoms with Crippen molar-refractivity contribution in [1.29, 1.82) is 0 Å². The van der Waals surface area contributed by atoms with Crippen molar-refractivity contribution >= 4 is 11.9 Å². The van der Waals surface area contributed by atoms with Crippen molar-refractivity contribution in [1.82, 2.24) is 4.90 Å². The summed E-state index contributed by atoms with van der Waals surface area (Å²) < 4.78 is 0. The number of amides is 1. The van der Waals surface area contributed by atoms with Gasteiger partial charge in [-0.3, -0.25) is 4.79 Å². The molecule has 72 valence electrons. The number of carboxylic acid groups (broad SMARTS) is 1. The van der Waals surface area contributed by atoms with Crippen LogP contribution in [-0.4, -0.2) is 34.0 Å². The summed E-state index contributed by atoms with van der Waals surface area (Å²) in [4.78, 5) is 24.0. The molecule has 1 N–H and O–H groups in total. The van der Waals surface area contributed by atoms with E-state index in [1.54, 1.807) is 11.8 Å². The van der Waals surface area contributed by atoms with Crippen molar-refractivity contribution < 1.29 is 14.7 Å². The second-order valence-electron chi connectivity index (χ2n) is 3.97. The molecule has 3 aliphatic rings. The lowest BCUT2D eigenvalue weighted by Gasteiger charge is -2.37. The molecule has 2 aliphatic heterocycles. The molecular weight excluding hydrogens is 170 g/mol. The Kier molecular flexibility index (Phi) is 1.62. The van der Waals surface area contributed by atoms with Crippen LogP contribution in [0.2, 0.25) is 0 Å². The maximum Gasteiger partial charge on any atom is 0.329 e. The molecule has 1 aliphatic carbocycles. The normalized spacial score (nSPS) is 35.8. The molecule has 0 radical (unpaired) electrons. The van der Waals surface area contributed by atoms with Crippen LogP contribution < -0.4 is 0 Å². The van der Waals surface area contributed by atoms with Crippen molar-refractivity contribution in [2.45, 2.75) is 31.7 Å². The number of hydrogen-bond donors (Lipinski definition) is 1. The van der Waals surface area contributed by atoms with E-state index >= 15 is 0 Å². The Morgan fingerprint density at radius 3 is 2.62 bits per heavy atom. The molecule has 2 saturated heterocycles. The average Bonchev–Trinajstić information content (AvgIpc) is 2.55. The van der Waals surface area contributed by atoms with Gasteiger partial charge in [-0.2, -0.15) is 0 Å². The summed E-state index contributed by atoms with van der Waals surface area (Å²) >= 11 is 0. The maximum atomic E-state index is 11.4. The van der Waals surface area contributed by atoms with Crippen molar-refractivity contribution in [3.05, 3.63) is 0 Å². The number of hydrogen-bond acceptors (Lipinski definition) is 2. The fourth-order valence-corrected chi connectivity index (χ4v) is 2.50. The Labute approximate surface area is 76.5 Å². The molecule has 0 aromatic rings. The van der Waals surface area contributed by atoms with Gasteiger partial charge in [0, 0.05) is 13.0 Å². The predicted molar refractivity (Wildman–Crippen MR) is 45.1 cm³/mol. The van der Waals surface area contributed by atoms with Gasteiger partial charge in [-0.05, 0) is 18.8 Å². The summed E-state index contributed by atoms with van der Waals surface area (Å²) in [6, 6.07) is 0. The number of aliphatic carboxylic acids is 1. The zero-order valence-electron chi connectivity index (χ0n) is 7.62. The molecule has 2 bridgehead atoms. The van der Waals surface area contributed by atoms with Crippen LogP contribution in [0, 0.1) is 5.92 Å². The van der Waals surface area contributed by atoms with E-state index < -0.39 is 11.5 Å². The monoisotopic (exact) mass is 183 g/mol. The minimum atomic E-state index is -0.831. The third kappa shape index (κ3) is 0.913. The molecule has 0 aromatic heterocycles. The number of rotatable bonds is 2. The quantitative estimate of drug-likeness (QED) is 0.677. The van der Waals surface area contributed by atoms with E-state index in [2.05, 4.69) is 0 Å². The van der Waals surface area contributed by atoms with Crippen molar-refractivity contribution in [2.75, 3.05) is 6.54 Å². The van der Waals surface area contributed by atoms with Crippen LogP contribution in [0.5, 0.6) is 0 Å². The van der Waals surface area contributed by atoms with Crippen LogP contribution in [0.15, 0.2) is 0 Å². The lowest BCUT2D eigenvalue weighted by atomic mass is 9.73. The molecule has 0 unspecified atom stereocenters. The second kappa shape index (κ2) is 2.47. The van der Waals surface area contributed by atoms with Crippen LogP contribution >= 0.6 is 0 Å². The number of nitrogens with zero attached hydrogens (tertiary/aromatic N) is 1. The molecule has 4 heteroatoms. The highest BCUT2D eigenvalue weighted by atomic mass is 16.4. The average molecular weight is 183 g/mol. The Hall–Kier alpha value is -1.06. The molecule has 3 fully saturated rings. The van der Waals surface area contributed by atoms with Crippen LogP contribution in [0.4, 0.5) is 0 Å². The summed E-state index contributed by atoms with van der Waals surface area (Å²) in [5, 5.41) is 9.03. The first-order valence-corrected chi connectivity index (χ1v) is 4.64. The standard InChI is InChI=1S/C9H13NO3/c1-2-7(11)10-5-6-3-9(10,4-6)8(12)13/h6H,2-5H2,1H3,(H,12,13). The third-order valence-corrected chi connectivity index (χ3v) is 3.21. The minimum absolute atomic E-state index is 0.0256. The van der Waals surface area contributed by atoms with Gasteiger partial charge in [-0.25, -0.2) is 4.79 Å². The summed E-state index contributed by atoms with van der Waals surface area (Å²) in [6.07, 6.45) is 1.73. The number of fused-ring (bicyclic) bond motifs is 1. The fraction of sp³-hybridized carbons (Fsp3) is 0.778. The van der Waals surface area contributed by atoms with Crippen molar-refractivity contribution in [2.24, 2.45) is 5.92 Å². The summed E-state index contributed by atoms with van der Waals surface area (Å²) in [5.41, 5.74) is -0.822. The van der Waals surface area contributed by atoms with E-state index in [0.29, 0.717) is 31.7 Å². The molecule has 0 spiro atoms. The zero-order chi connectivity index (χ0) is 9.64. The zero-order valence-corrected chi connectivity index (χ0v) is 7.62. The van der Waals surface area contributed by atoms with Gasteiger partial charge in [0.15, 0.2) is 0 Å². The second-order valence-corrected chi connectivity index (χ2v) is 3.97. The van der Waals surface area contributed by atoms with E-state index in [9.17, 15) is 9.59 Å². The van der Waals surface area contributed by atoms with Crippen molar-refractivity contribution in [3.8, 4) is 0 Å². The summed E-state index contributed by atoms with van der Waals surface area (Å²) in [5.74, 6) is -0.419. The van der Waals surface area contributed by atoms with Gasteiger partial charge in [-0.15, -0.1) is 0 Å². The largest absolute Gasteiger partial charge is 0.479 e. The number of carbonyl (C=O) groups is 2. The summed E-state index contributed by atoms with van der Waals surface area (Å²) in [7, 11) is 0. The smallest absolute Gasteiger partial charge is 0.329 e. The van der Waals surface area contributed by atoms with Gasteiger partial charge in [0.1, 0.15) is 5.54 Å². The highest BCUT2D eigenvalue weighted by Gasteiger charge is 2.62. The van der Waals surface area contributed by atoms with Gasteiger partial charge in [0.25, 0.3) is 0 Å². The molecule has 3 rings (SSSR count). The lowest BCUT2D eigenvalue weighted by Crippen LogP contribution is -2.54. The topological polar surface area (TPSA) is 57.6 Å². The molecule has 13 heavy (non-hydrogen) atoms. The molecule has 4 nitrogen and oxygen atoms in total. The van der Waals surface area contributed by atoms with E-state index in [0.717, 1.165) is 0 Å². The Morgan fingerprint density at radius 2 is 2.15 bits per heavy atom. The van der Waals surface area contributed by atoms with Gasteiger partial charge in [0.05, 0.1) is 0 Å². The van der Waals surface area contributed by atoms with Crippen LogP contribution in [0.3, 0.4) is 0 Å². The van der Waals surface area contributed by atoms with E-state index in [-0.39, 0.29) is 5.91 Å². The molecule has 1 amide bonds.